The number of carbonyl (C=O) groups excluding carboxylic acids is 3. The number of alkyl carbamates (subject to hydrolysis) is 1. The summed E-state index contributed by atoms with van der Waals surface area (Å²) in [5, 5.41) is 2.38. The van der Waals surface area contributed by atoms with E-state index >= 15 is 0 Å². The van der Waals surface area contributed by atoms with Crippen molar-refractivity contribution in [2.45, 2.75) is 232 Å². The number of rotatable bonds is 43. The van der Waals surface area contributed by atoms with Crippen LogP contribution >= 0.6 is 7.82 Å². The molecule has 1 amide bonds. The average Bonchev–Trinajstić information content (AvgIpc) is 3.17. The second-order valence-electron chi connectivity index (χ2n) is 15.4. The van der Waals surface area contributed by atoms with Crippen molar-refractivity contribution in [3.05, 3.63) is 0 Å². The molecule has 0 aliphatic carbocycles. The zero-order chi connectivity index (χ0) is 41.2. The molecule has 1 unspecified atom stereocenters. The number of esters is 2. The second kappa shape index (κ2) is 41.5. The van der Waals surface area contributed by atoms with E-state index in [-0.39, 0.29) is 39.2 Å². The van der Waals surface area contributed by atoms with Crippen molar-refractivity contribution in [1.29, 1.82) is 0 Å². The predicted octanol–water partition coefficient (Wildman–Crippen LogP) is 12.8. The molecule has 0 aromatic carbocycles. The molecule has 12 heteroatoms. The standard InChI is InChI=1S/C44H86NO10P/c1-4-7-9-11-13-15-17-19-21-23-25-27-29-31-33-35-42(46)52-39-41(40-54-56(49,50)53-38-37-45-44(48)51-6-3)55-43(47)36-34-32-30-28-26-24-22-20-18-16-14-12-10-8-5-2/h41H,4-40H2,1-3H3,(H,45,48)(H,49,50)/t41-/m1/s1. The lowest BCUT2D eigenvalue weighted by Crippen LogP contribution is -2.30. The van der Waals surface area contributed by atoms with E-state index in [2.05, 4.69) is 19.2 Å². The molecule has 0 saturated carbocycles. The topological polar surface area (TPSA) is 147 Å². The Morgan fingerprint density at radius 3 is 1.27 bits per heavy atom. The molecule has 0 spiro atoms. The lowest BCUT2D eigenvalue weighted by molar-refractivity contribution is -0.161. The summed E-state index contributed by atoms with van der Waals surface area (Å²) < 4.78 is 38.1. The summed E-state index contributed by atoms with van der Waals surface area (Å²) in [6, 6.07) is 0. The first-order valence-corrected chi connectivity index (χ1v) is 24.6. The molecule has 0 aromatic rings. The Bertz CT molecular complexity index is 953. The predicted molar refractivity (Wildman–Crippen MR) is 227 cm³/mol. The van der Waals surface area contributed by atoms with E-state index in [1.54, 1.807) is 6.92 Å². The molecule has 56 heavy (non-hydrogen) atoms. The lowest BCUT2D eigenvalue weighted by Gasteiger charge is -2.20. The molecule has 0 radical (unpaired) electrons. The van der Waals surface area contributed by atoms with Crippen molar-refractivity contribution < 1.29 is 47.1 Å². The number of amides is 1. The van der Waals surface area contributed by atoms with Crippen LogP contribution in [0.25, 0.3) is 0 Å². The number of hydrogen-bond donors (Lipinski definition) is 2. The van der Waals surface area contributed by atoms with Gasteiger partial charge in [0.2, 0.25) is 0 Å². The van der Waals surface area contributed by atoms with Gasteiger partial charge in [0.25, 0.3) is 0 Å². The van der Waals surface area contributed by atoms with Gasteiger partial charge in [-0.2, -0.15) is 0 Å². The molecule has 0 aromatic heterocycles. The van der Waals surface area contributed by atoms with Crippen LogP contribution in [0.1, 0.15) is 226 Å². The minimum Gasteiger partial charge on any atom is -0.462 e. The third-order valence-electron chi connectivity index (χ3n) is 10.0. The molecule has 11 nitrogen and oxygen atoms in total. The number of nitrogens with one attached hydrogen (secondary N) is 1. The van der Waals surface area contributed by atoms with Gasteiger partial charge in [0.1, 0.15) is 6.61 Å². The quantitative estimate of drug-likeness (QED) is 0.0264. The van der Waals surface area contributed by atoms with E-state index in [4.69, 9.17) is 23.3 Å². The van der Waals surface area contributed by atoms with Gasteiger partial charge in [-0.3, -0.25) is 18.6 Å². The lowest BCUT2D eigenvalue weighted by atomic mass is 10.0. The van der Waals surface area contributed by atoms with Gasteiger partial charge in [-0.1, -0.05) is 194 Å². The Kier molecular flexibility index (Phi) is 40.2. The molecule has 0 bridgehead atoms. The van der Waals surface area contributed by atoms with Crippen LogP contribution in [0.2, 0.25) is 0 Å². The first kappa shape index (κ1) is 54.3. The van der Waals surface area contributed by atoms with Gasteiger partial charge in [-0.15, -0.1) is 0 Å². The van der Waals surface area contributed by atoms with Crippen molar-refractivity contribution in [3.63, 3.8) is 0 Å². The van der Waals surface area contributed by atoms with Crippen molar-refractivity contribution in [3.8, 4) is 0 Å². The first-order valence-electron chi connectivity index (χ1n) is 23.1. The number of carbonyl (C=O) groups is 3. The summed E-state index contributed by atoms with van der Waals surface area (Å²) in [6.07, 6.45) is 35.7. The van der Waals surface area contributed by atoms with Crippen LogP contribution in [0, 0.1) is 0 Å². The van der Waals surface area contributed by atoms with Gasteiger partial charge in [-0.25, -0.2) is 9.36 Å². The Morgan fingerprint density at radius 2 is 0.875 bits per heavy atom. The monoisotopic (exact) mass is 820 g/mol. The van der Waals surface area contributed by atoms with Gasteiger partial charge < -0.3 is 24.4 Å². The molecule has 2 N–H and O–H groups in total. The van der Waals surface area contributed by atoms with E-state index in [0.29, 0.717) is 6.42 Å². The van der Waals surface area contributed by atoms with Crippen molar-refractivity contribution >= 4 is 25.9 Å². The highest BCUT2D eigenvalue weighted by Crippen LogP contribution is 2.43. The molecule has 0 heterocycles. The smallest absolute Gasteiger partial charge is 0.462 e. The molecule has 0 fully saturated rings. The summed E-state index contributed by atoms with van der Waals surface area (Å²) in [4.78, 5) is 46.7. The zero-order valence-corrected chi connectivity index (χ0v) is 37.2. The van der Waals surface area contributed by atoms with Gasteiger partial charge in [-0.05, 0) is 19.8 Å². The van der Waals surface area contributed by atoms with Crippen LogP contribution < -0.4 is 5.32 Å². The van der Waals surface area contributed by atoms with Crippen molar-refractivity contribution in [2.24, 2.45) is 0 Å². The SMILES string of the molecule is CCCCCCCCCCCCCCCCCC(=O)OC[C@H](COP(=O)(O)OCCNC(=O)OCC)OC(=O)CCCCCCCCCCCCCCCCC. The molecular formula is C44H86NO10P. The summed E-state index contributed by atoms with van der Waals surface area (Å²) in [7, 11) is -4.54. The fraction of sp³-hybridized carbons (Fsp3) is 0.932. The fourth-order valence-electron chi connectivity index (χ4n) is 6.61. The van der Waals surface area contributed by atoms with Gasteiger partial charge in [0, 0.05) is 19.4 Å². The largest absolute Gasteiger partial charge is 0.472 e. The van der Waals surface area contributed by atoms with Gasteiger partial charge in [0.15, 0.2) is 6.10 Å². The number of unbranched alkanes of at least 4 members (excludes halogenated alkanes) is 28. The van der Waals surface area contributed by atoms with Crippen LogP contribution in [0.5, 0.6) is 0 Å². The highest BCUT2D eigenvalue weighted by atomic mass is 31.2. The Balaban J connectivity index is 4.36. The van der Waals surface area contributed by atoms with Crippen LogP contribution in [0.15, 0.2) is 0 Å². The Hall–Kier alpha value is -1.68. The number of phosphoric acid groups is 1. The van der Waals surface area contributed by atoms with Crippen LogP contribution in [-0.2, 0) is 37.4 Å². The third kappa shape index (κ3) is 40.5. The summed E-state index contributed by atoms with van der Waals surface area (Å²) >= 11 is 0. The van der Waals surface area contributed by atoms with Gasteiger partial charge >= 0.3 is 25.9 Å². The van der Waals surface area contributed by atoms with Crippen LogP contribution in [0.3, 0.4) is 0 Å². The first-order chi connectivity index (χ1) is 27.2. The minimum atomic E-state index is -4.54. The molecule has 0 aliphatic heterocycles. The molecule has 332 valence electrons. The number of hydrogen-bond acceptors (Lipinski definition) is 9. The molecular weight excluding hydrogens is 733 g/mol. The average molecular weight is 820 g/mol. The molecule has 0 saturated heterocycles. The third-order valence-corrected chi connectivity index (χ3v) is 11.0. The zero-order valence-electron chi connectivity index (χ0n) is 36.3. The van der Waals surface area contributed by atoms with E-state index < -0.39 is 38.6 Å². The molecule has 0 rings (SSSR count). The second-order valence-corrected chi connectivity index (χ2v) is 16.9. The van der Waals surface area contributed by atoms with E-state index in [1.807, 2.05) is 0 Å². The normalized spacial score (nSPS) is 12.9. The van der Waals surface area contributed by atoms with E-state index in [0.717, 1.165) is 38.5 Å². The van der Waals surface area contributed by atoms with E-state index in [1.165, 1.54) is 148 Å². The number of ether oxygens (including phenoxy) is 3. The van der Waals surface area contributed by atoms with Crippen molar-refractivity contribution in [1.82, 2.24) is 5.32 Å². The summed E-state index contributed by atoms with van der Waals surface area (Å²) in [5.74, 6) is -0.879. The Labute approximate surface area is 342 Å². The van der Waals surface area contributed by atoms with Crippen molar-refractivity contribution in [2.75, 3.05) is 33.0 Å². The highest BCUT2D eigenvalue weighted by Gasteiger charge is 2.26. The fourth-order valence-corrected chi connectivity index (χ4v) is 7.36. The Morgan fingerprint density at radius 1 is 0.500 bits per heavy atom. The molecule has 0 aliphatic rings. The van der Waals surface area contributed by atoms with Crippen LogP contribution in [0.4, 0.5) is 4.79 Å². The highest BCUT2D eigenvalue weighted by molar-refractivity contribution is 7.47. The maximum Gasteiger partial charge on any atom is 0.472 e. The summed E-state index contributed by atoms with van der Waals surface area (Å²) in [5.41, 5.74) is 0. The number of phosphoric ester groups is 1. The molecule has 2 atom stereocenters. The maximum absolute atomic E-state index is 12.7. The maximum atomic E-state index is 12.7. The van der Waals surface area contributed by atoms with E-state index in [9.17, 15) is 23.8 Å². The van der Waals surface area contributed by atoms with Crippen LogP contribution in [-0.4, -0.2) is 62.0 Å². The summed E-state index contributed by atoms with van der Waals surface area (Å²) in [6.45, 7) is 5.22. The van der Waals surface area contributed by atoms with Gasteiger partial charge in [0.05, 0.1) is 19.8 Å². The minimum absolute atomic E-state index is 0.0681.